The van der Waals surface area contributed by atoms with Crippen molar-refractivity contribution in [1.82, 2.24) is 14.7 Å². The van der Waals surface area contributed by atoms with Crippen LogP contribution in [0.1, 0.15) is 40.5 Å². The van der Waals surface area contributed by atoms with Crippen molar-refractivity contribution >= 4 is 11.6 Å². The summed E-state index contributed by atoms with van der Waals surface area (Å²) in [7, 11) is 0. The minimum Gasteiger partial charge on any atom is -0.344 e. The summed E-state index contributed by atoms with van der Waals surface area (Å²) in [6.07, 6.45) is 6.86. The first-order chi connectivity index (χ1) is 10.8. The lowest BCUT2D eigenvalue weighted by Crippen LogP contribution is -2.31. The highest BCUT2D eigenvalue weighted by Gasteiger charge is 2.22. The zero-order chi connectivity index (χ0) is 14.9. The van der Waals surface area contributed by atoms with Crippen LogP contribution in [0.4, 0.5) is 0 Å². The quantitative estimate of drug-likeness (QED) is 0.788. The zero-order valence-electron chi connectivity index (χ0n) is 12.2. The number of hydrogen-bond acceptors (Lipinski definition) is 2. The number of carbonyl (C=O) groups is 1. The van der Waals surface area contributed by atoms with E-state index in [0.717, 1.165) is 24.9 Å². The zero-order valence-corrected chi connectivity index (χ0v) is 12.2. The van der Waals surface area contributed by atoms with Gasteiger partial charge in [0.25, 0.3) is 5.91 Å². The van der Waals surface area contributed by atoms with Gasteiger partial charge in [-0.25, -0.2) is 4.98 Å². The Morgan fingerprint density at radius 1 is 1.18 bits per heavy atom. The molecule has 1 aliphatic carbocycles. The largest absolute Gasteiger partial charge is 0.344 e. The van der Waals surface area contributed by atoms with Gasteiger partial charge in [-0.15, -0.1) is 0 Å². The average Bonchev–Trinajstić information content (AvgIpc) is 2.99. The first-order valence-electron chi connectivity index (χ1n) is 7.64. The molecule has 4 rings (SSSR count). The van der Waals surface area contributed by atoms with E-state index >= 15 is 0 Å². The molecule has 4 nitrogen and oxygen atoms in total. The van der Waals surface area contributed by atoms with E-state index in [-0.39, 0.29) is 11.9 Å². The molecule has 2 aromatic heterocycles. The normalized spacial score (nSPS) is 17.2. The number of benzene rings is 1. The Kier molecular flexibility index (Phi) is 3.15. The molecule has 2 heterocycles. The van der Waals surface area contributed by atoms with Crippen LogP contribution >= 0.6 is 0 Å². The van der Waals surface area contributed by atoms with Crippen molar-refractivity contribution in [2.24, 2.45) is 0 Å². The minimum absolute atomic E-state index is 0.0854. The Balaban J connectivity index is 1.60. The molecule has 0 spiro atoms. The maximum atomic E-state index is 12.5. The van der Waals surface area contributed by atoms with Crippen molar-refractivity contribution in [3.05, 3.63) is 71.7 Å². The maximum Gasteiger partial charge on any atom is 0.271 e. The second-order valence-electron chi connectivity index (χ2n) is 5.71. The van der Waals surface area contributed by atoms with Gasteiger partial charge in [0, 0.05) is 12.4 Å². The van der Waals surface area contributed by atoms with Crippen LogP contribution in [0.3, 0.4) is 0 Å². The van der Waals surface area contributed by atoms with Crippen LogP contribution in [0.25, 0.3) is 5.65 Å². The molecular weight excluding hydrogens is 274 g/mol. The molecule has 0 saturated carbocycles. The number of nitrogens with zero attached hydrogens (tertiary/aromatic N) is 2. The highest BCUT2D eigenvalue weighted by Crippen LogP contribution is 2.29. The van der Waals surface area contributed by atoms with E-state index < -0.39 is 0 Å². The second-order valence-corrected chi connectivity index (χ2v) is 5.71. The topological polar surface area (TPSA) is 46.4 Å². The number of rotatable bonds is 2. The predicted molar refractivity (Wildman–Crippen MR) is 84.8 cm³/mol. The van der Waals surface area contributed by atoms with Gasteiger partial charge in [-0.3, -0.25) is 4.79 Å². The lowest BCUT2D eigenvalue weighted by atomic mass is 9.88. The molecule has 1 atom stereocenters. The van der Waals surface area contributed by atoms with Crippen molar-refractivity contribution in [2.45, 2.75) is 25.3 Å². The summed E-state index contributed by atoms with van der Waals surface area (Å²) in [6, 6.07) is 14.2. The van der Waals surface area contributed by atoms with E-state index in [1.165, 1.54) is 11.1 Å². The molecule has 4 heteroatoms. The first kappa shape index (κ1) is 13.1. The van der Waals surface area contributed by atoms with Crippen LogP contribution in [-0.4, -0.2) is 15.3 Å². The number of hydrogen-bond donors (Lipinski definition) is 1. The molecule has 0 saturated heterocycles. The van der Waals surface area contributed by atoms with Crippen LogP contribution in [0.2, 0.25) is 0 Å². The summed E-state index contributed by atoms with van der Waals surface area (Å²) >= 11 is 0. The summed E-state index contributed by atoms with van der Waals surface area (Å²) in [5, 5.41) is 3.14. The number of aryl methyl sites for hydroxylation is 1. The standard InChI is InChI=1S/C18H17N3O/c22-18(16-12-21-11-4-3-10-17(21)19-16)20-15-9-5-7-13-6-1-2-8-14(13)15/h1-4,6,8,10-12,15H,5,7,9H2,(H,20,22)/t15-/m1/s1. The number of fused-ring (bicyclic) bond motifs is 2. The summed E-state index contributed by atoms with van der Waals surface area (Å²) in [5.74, 6) is -0.106. The minimum atomic E-state index is -0.106. The predicted octanol–water partition coefficient (Wildman–Crippen LogP) is 3.14. The fourth-order valence-corrected chi connectivity index (χ4v) is 3.18. The Morgan fingerprint density at radius 3 is 2.95 bits per heavy atom. The van der Waals surface area contributed by atoms with E-state index in [4.69, 9.17) is 0 Å². The third kappa shape index (κ3) is 2.26. The number of nitrogens with one attached hydrogen (secondary N) is 1. The van der Waals surface area contributed by atoms with E-state index in [9.17, 15) is 4.79 Å². The molecule has 1 aromatic carbocycles. The number of aromatic nitrogens is 2. The Hall–Kier alpha value is -2.62. The van der Waals surface area contributed by atoms with Crippen LogP contribution in [0.5, 0.6) is 0 Å². The summed E-state index contributed by atoms with van der Waals surface area (Å²) in [4.78, 5) is 16.9. The van der Waals surface area contributed by atoms with Crippen molar-refractivity contribution in [1.29, 1.82) is 0 Å². The fraction of sp³-hybridized carbons (Fsp3) is 0.222. The van der Waals surface area contributed by atoms with Gasteiger partial charge in [0.2, 0.25) is 0 Å². The van der Waals surface area contributed by atoms with Crippen molar-refractivity contribution in [3.8, 4) is 0 Å². The molecule has 0 radical (unpaired) electrons. The fourth-order valence-electron chi connectivity index (χ4n) is 3.18. The van der Waals surface area contributed by atoms with Gasteiger partial charge < -0.3 is 9.72 Å². The molecular formula is C18H17N3O. The van der Waals surface area contributed by atoms with Gasteiger partial charge in [0.05, 0.1) is 6.04 Å². The van der Waals surface area contributed by atoms with Crippen LogP contribution in [-0.2, 0) is 6.42 Å². The van der Waals surface area contributed by atoms with Gasteiger partial charge in [0.15, 0.2) is 0 Å². The van der Waals surface area contributed by atoms with Crippen LogP contribution < -0.4 is 5.32 Å². The number of carbonyl (C=O) groups excluding carboxylic acids is 1. The summed E-state index contributed by atoms with van der Waals surface area (Å²) in [5.41, 5.74) is 3.84. The number of pyridine rings is 1. The van der Waals surface area contributed by atoms with Gasteiger partial charge in [-0.2, -0.15) is 0 Å². The Labute approximate surface area is 128 Å². The average molecular weight is 291 g/mol. The molecule has 0 unspecified atom stereocenters. The molecule has 1 N–H and O–H groups in total. The number of imidazole rings is 1. The SMILES string of the molecule is O=C(N[C@@H]1CCCc2ccccc21)c1cn2ccccc2n1. The smallest absolute Gasteiger partial charge is 0.271 e. The lowest BCUT2D eigenvalue weighted by Gasteiger charge is -2.26. The number of amides is 1. The third-order valence-corrected chi connectivity index (χ3v) is 4.27. The summed E-state index contributed by atoms with van der Waals surface area (Å²) in [6.45, 7) is 0. The van der Waals surface area contributed by atoms with E-state index in [1.54, 1.807) is 6.20 Å². The highest BCUT2D eigenvalue weighted by atomic mass is 16.2. The second kappa shape index (κ2) is 5.30. The van der Waals surface area contributed by atoms with Crippen molar-refractivity contribution in [2.75, 3.05) is 0 Å². The van der Waals surface area contributed by atoms with Gasteiger partial charge >= 0.3 is 0 Å². The van der Waals surface area contributed by atoms with Gasteiger partial charge in [-0.05, 0) is 42.5 Å². The summed E-state index contributed by atoms with van der Waals surface area (Å²) < 4.78 is 1.86. The molecule has 110 valence electrons. The van der Waals surface area contributed by atoms with E-state index in [0.29, 0.717) is 5.69 Å². The monoisotopic (exact) mass is 291 g/mol. The van der Waals surface area contributed by atoms with Crippen LogP contribution in [0.15, 0.2) is 54.9 Å². The van der Waals surface area contributed by atoms with E-state index in [2.05, 4.69) is 28.5 Å². The van der Waals surface area contributed by atoms with Crippen molar-refractivity contribution in [3.63, 3.8) is 0 Å². The van der Waals surface area contributed by atoms with Gasteiger partial charge in [0.1, 0.15) is 11.3 Å². The van der Waals surface area contributed by atoms with E-state index in [1.807, 2.05) is 34.9 Å². The van der Waals surface area contributed by atoms with Crippen LogP contribution in [0, 0.1) is 0 Å². The first-order valence-corrected chi connectivity index (χ1v) is 7.64. The highest BCUT2D eigenvalue weighted by molar-refractivity contribution is 5.93. The molecule has 22 heavy (non-hydrogen) atoms. The molecule has 1 amide bonds. The third-order valence-electron chi connectivity index (χ3n) is 4.27. The van der Waals surface area contributed by atoms with Crippen molar-refractivity contribution < 1.29 is 4.79 Å². The molecule has 0 fully saturated rings. The molecule has 3 aromatic rings. The Bertz CT molecular complexity index is 804. The van der Waals surface area contributed by atoms with Gasteiger partial charge in [-0.1, -0.05) is 30.3 Å². The lowest BCUT2D eigenvalue weighted by molar-refractivity contribution is 0.0928. The molecule has 0 aliphatic heterocycles. The molecule has 1 aliphatic rings. The maximum absolute atomic E-state index is 12.5. The Morgan fingerprint density at radius 2 is 2.05 bits per heavy atom. The molecule has 0 bridgehead atoms.